The van der Waals surface area contributed by atoms with Crippen LogP contribution in [0.25, 0.3) is 0 Å². The number of piperazine rings is 1. The van der Waals surface area contributed by atoms with E-state index in [1.54, 1.807) is 18.2 Å². The molecule has 3 rings (SSSR count). The Balaban J connectivity index is 1.52. The molecule has 0 atom stereocenters. The van der Waals surface area contributed by atoms with E-state index < -0.39 is 11.9 Å². The largest absolute Gasteiger partial charge is 0.478 e. The van der Waals surface area contributed by atoms with Gasteiger partial charge in [0, 0.05) is 45.5 Å². The minimum absolute atomic E-state index is 0.0216. The minimum atomic E-state index is -1.12. The zero-order valence-electron chi connectivity index (χ0n) is 18.0. The summed E-state index contributed by atoms with van der Waals surface area (Å²) in [5, 5.41) is 15.0. The molecule has 0 aromatic heterocycles. The van der Waals surface area contributed by atoms with E-state index in [0.29, 0.717) is 39.3 Å². The lowest BCUT2D eigenvalue weighted by atomic mass is 10.1. The lowest BCUT2D eigenvalue weighted by molar-refractivity contribution is -0.122. The van der Waals surface area contributed by atoms with Gasteiger partial charge in [-0.2, -0.15) is 0 Å². The summed E-state index contributed by atoms with van der Waals surface area (Å²) < 4.78 is 4.77. The van der Waals surface area contributed by atoms with Gasteiger partial charge in [0.1, 0.15) is 6.61 Å². The number of aromatic carboxylic acids is 1. The van der Waals surface area contributed by atoms with Crippen molar-refractivity contribution >= 4 is 29.2 Å². The summed E-state index contributed by atoms with van der Waals surface area (Å²) in [6, 6.07) is 14.7. The first-order chi connectivity index (χ1) is 15.5. The number of carboxylic acid groups (broad SMARTS) is 1. The minimum Gasteiger partial charge on any atom is -0.478 e. The molecule has 9 nitrogen and oxygen atoms in total. The highest BCUT2D eigenvalue weighted by atomic mass is 16.5. The highest BCUT2D eigenvalue weighted by Crippen LogP contribution is 2.24. The first-order valence-electron chi connectivity index (χ1n) is 10.4. The molecule has 3 N–H and O–H groups in total. The Bertz CT molecular complexity index is 943. The van der Waals surface area contributed by atoms with Crippen LogP contribution in [0.5, 0.6) is 0 Å². The van der Waals surface area contributed by atoms with E-state index in [1.165, 1.54) is 7.11 Å². The van der Waals surface area contributed by atoms with Gasteiger partial charge in [-0.05, 0) is 23.8 Å². The summed E-state index contributed by atoms with van der Waals surface area (Å²) in [6.07, 6.45) is 0. The molecule has 0 aliphatic carbocycles. The van der Waals surface area contributed by atoms with Crippen molar-refractivity contribution in [1.29, 1.82) is 0 Å². The molecule has 9 heteroatoms. The van der Waals surface area contributed by atoms with Gasteiger partial charge in [-0.1, -0.05) is 30.3 Å². The van der Waals surface area contributed by atoms with Crippen LogP contribution in [0, 0.1) is 0 Å². The molecular weight excluding hydrogens is 412 g/mol. The Morgan fingerprint density at radius 1 is 1.00 bits per heavy atom. The second-order valence-corrected chi connectivity index (χ2v) is 7.54. The molecule has 1 aliphatic heterocycles. The van der Waals surface area contributed by atoms with E-state index in [4.69, 9.17) is 4.74 Å². The summed E-state index contributed by atoms with van der Waals surface area (Å²) in [6.45, 7) is 3.39. The number of carbonyl (C=O) groups excluding carboxylic acids is 2. The van der Waals surface area contributed by atoms with Gasteiger partial charge in [-0.3, -0.25) is 14.5 Å². The summed E-state index contributed by atoms with van der Waals surface area (Å²) in [5.74, 6) is -1.55. The Morgan fingerprint density at radius 3 is 2.38 bits per heavy atom. The molecule has 32 heavy (non-hydrogen) atoms. The van der Waals surface area contributed by atoms with Crippen LogP contribution in [0.4, 0.5) is 11.4 Å². The van der Waals surface area contributed by atoms with Crippen LogP contribution < -0.4 is 15.5 Å². The number of nitrogens with zero attached hydrogens (tertiary/aromatic N) is 2. The average molecular weight is 441 g/mol. The SMILES string of the molecule is COCC(=O)Nc1ccc(N2CCN(CC(=O)NCc3ccccc3)CC2)cc1C(=O)O. The number of ether oxygens (including phenoxy) is 1. The summed E-state index contributed by atoms with van der Waals surface area (Å²) in [5.41, 5.74) is 2.08. The monoisotopic (exact) mass is 440 g/mol. The van der Waals surface area contributed by atoms with Gasteiger partial charge in [-0.25, -0.2) is 4.79 Å². The van der Waals surface area contributed by atoms with Gasteiger partial charge < -0.3 is 25.4 Å². The summed E-state index contributed by atoms with van der Waals surface area (Å²) in [7, 11) is 1.40. The molecular formula is C23H28N4O5. The van der Waals surface area contributed by atoms with Gasteiger partial charge >= 0.3 is 5.97 Å². The maximum Gasteiger partial charge on any atom is 0.337 e. The fourth-order valence-electron chi connectivity index (χ4n) is 3.55. The number of amides is 2. The topological polar surface area (TPSA) is 111 Å². The first-order valence-corrected chi connectivity index (χ1v) is 10.4. The third-order valence-corrected chi connectivity index (χ3v) is 5.22. The molecule has 1 heterocycles. The predicted octanol–water partition coefficient (Wildman–Crippen LogP) is 1.41. The van der Waals surface area contributed by atoms with E-state index in [1.807, 2.05) is 30.3 Å². The Labute approximate surface area is 187 Å². The molecule has 2 aromatic rings. The quantitative estimate of drug-likeness (QED) is 0.541. The number of hydrogen-bond acceptors (Lipinski definition) is 6. The highest BCUT2D eigenvalue weighted by Gasteiger charge is 2.21. The maximum atomic E-state index is 12.3. The van der Waals surface area contributed by atoms with Crippen molar-refractivity contribution in [3.05, 3.63) is 59.7 Å². The lowest BCUT2D eigenvalue weighted by Crippen LogP contribution is -2.49. The summed E-state index contributed by atoms with van der Waals surface area (Å²) in [4.78, 5) is 39.8. The van der Waals surface area contributed by atoms with Gasteiger partial charge in [0.05, 0.1) is 17.8 Å². The van der Waals surface area contributed by atoms with Gasteiger partial charge in [0.15, 0.2) is 0 Å². The molecule has 0 unspecified atom stereocenters. The van der Waals surface area contributed by atoms with Gasteiger partial charge in [0.2, 0.25) is 11.8 Å². The standard InChI is InChI=1S/C23H28N4O5/c1-32-16-22(29)25-20-8-7-18(13-19(20)23(30)31)27-11-9-26(10-12-27)15-21(28)24-14-17-5-3-2-4-6-17/h2-8,13H,9-12,14-16H2,1H3,(H,24,28)(H,25,29)(H,30,31). The van der Waals surface area contributed by atoms with Crippen molar-refractivity contribution < 1.29 is 24.2 Å². The van der Waals surface area contributed by atoms with Crippen LogP contribution in [0.3, 0.4) is 0 Å². The van der Waals surface area contributed by atoms with Crippen LogP contribution in [0.1, 0.15) is 15.9 Å². The second-order valence-electron chi connectivity index (χ2n) is 7.54. The molecule has 0 saturated carbocycles. The maximum absolute atomic E-state index is 12.3. The fraction of sp³-hybridized carbons (Fsp3) is 0.348. The number of methoxy groups -OCH3 is 1. The molecule has 0 spiro atoms. The summed E-state index contributed by atoms with van der Waals surface area (Å²) >= 11 is 0. The Morgan fingerprint density at radius 2 is 1.72 bits per heavy atom. The molecule has 170 valence electrons. The van der Waals surface area contributed by atoms with Crippen LogP contribution in [-0.2, 0) is 20.9 Å². The molecule has 2 aromatic carbocycles. The Kier molecular flexibility index (Phi) is 8.18. The number of anilines is 2. The van der Waals surface area contributed by atoms with Crippen LogP contribution in [0.2, 0.25) is 0 Å². The van der Waals surface area contributed by atoms with Crippen LogP contribution in [-0.4, -0.2) is 74.2 Å². The zero-order chi connectivity index (χ0) is 22.9. The molecule has 1 fully saturated rings. The predicted molar refractivity (Wildman–Crippen MR) is 121 cm³/mol. The highest BCUT2D eigenvalue weighted by molar-refractivity contribution is 6.01. The fourth-order valence-corrected chi connectivity index (χ4v) is 3.55. The van der Waals surface area contributed by atoms with E-state index in [0.717, 1.165) is 11.3 Å². The van der Waals surface area contributed by atoms with Crippen molar-refractivity contribution in [3.63, 3.8) is 0 Å². The number of nitrogens with one attached hydrogen (secondary N) is 2. The molecule has 2 amide bonds. The van der Waals surface area contributed by atoms with E-state index >= 15 is 0 Å². The smallest absolute Gasteiger partial charge is 0.337 e. The number of hydrogen-bond donors (Lipinski definition) is 3. The van der Waals surface area contributed by atoms with Crippen molar-refractivity contribution in [2.75, 3.05) is 56.7 Å². The number of carbonyl (C=O) groups is 3. The van der Waals surface area contributed by atoms with Crippen molar-refractivity contribution in [3.8, 4) is 0 Å². The van der Waals surface area contributed by atoms with Crippen molar-refractivity contribution in [2.24, 2.45) is 0 Å². The van der Waals surface area contributed by atoms with Gasteiger partial charge in [0.25, 0.3) is 0 Å². The van der Waals surface area contributed by atoms with Gasteiger partial charge in [-0.15, -0.1) is 0 Å². The van der Waals surface area contributed by atoms with E-state index in [9.17, 15) is 19.5 Å². The normalized spacial score (nSPS) is 14.1. The molecule has 0 radical (unpaired) electrons. The molecule has 1 saturated heterocycles. The lowest BCUT2D eigenvalue weighted by Gasteiger charge is -2.36. The second kappa shape index (κ2) is 11.3. The number of rotatable bonds is 9. The molecule has 0 bridgehead atoms. The molecule has 1 aliphatic rings. The third kappa shape index (κ3) is 6.53. The zero-order valence-corrected chi connectivity index (χ0v) is 18.0. The third-order valence-electron chi connectivity index (χ3n) is 5.22. The van der Waals surface area contributed by atoms with Crippen LogP contribution in [0.15, 0.2) is 48.5 Å². The average Bonchev–Trinajstić information content (AvgIpc) is 2.79. The first kappa shape index (κ1) is 23.2. The Hall–Kier alpha value is -3.43. The van der Waals surface area contributed by atoms with Crippen molar-refractivity contribution in [2.45, 2.75) is 6.54 Å². The van der Waals surface area contributed by atoms with Crippen molar-refractivity contribution in [1.82, 2.24) is 10.2 Å². The number of carboxylic acids is 1. The van der Waals surface area contributed by atoms with E-state index in [-0.39, 0.29) is 23.8 Å². The number of benzene rings is 2. The van der Waals surface area contributed by atoms with E-state index in [2.05, 4.69) is 20.4 Å². The van der Waals surface area contributed by atoms with Crippen LogP contribution >= 0.6 is 0 Å².